The molecule has 0 atom stereocenters. The molecular weight excluding hydrogens is 363 g/mol. The molecule has 0 saturated heterocycles. The van der Waals surface area contributed by atoms with Gasteiger partial charge in [0.05, 0.1) is 13.2 Å². The van der Waals surface area contributed by atoms with Crippen LogP contribution in [0.25, 0.3) is 0 Å². The van der Waals surface area contributed by atoms with Crippen LogP contribution < -0.4 is 16.0 Å². The maximum atomic E-state index is 13.7. The lowest BCUT2D eigenvalue weighted by Gasteiger charge is -2.19. The number of nitrogens with zero attached hydrogens (tertiary/aromatic N) is 1. The van der Waals surface area contributed by atoms with Crippen molar-refractivity contribution in [1.29, 1.82) is 0 Å². The summed E-state index contributed by atoms with van der Waals surface area (Å²) in [5.74, 6) is 0.384. The van der Waals surface area contributed by atoms with E-state index in [0.717, 1.165) is 18.5 Å². The fourth-order valence-corrected chi connectivity index (χ4v) is 2.30. The number of alkyl carbamates (subject to hydrolysis) is 1. The Morgan fingerprint density at radius 1 is 1.18 bits per heavy atom. The van der Waals surface area contributed by atoms with Gasteiger partial charge in [-0.15, -0.1) is 0 Å². The third-order valence-corrected chi connectivity index (χ3v) is 3.49. The van der Waals surface area contributed by atoms with Crippen molar-refractivity contribution in [3.05, 3.63) is 35.1 Å². The van der Waals surface area contributed by atoms with Gasteiger partial charge in [-0.25, -0.2) is 14.2 Å². The summed E-state index contributed by atoms with van der Waals surface area (Å²) in [7, 11) is 1.54. The van der Waals surface area contributed by atoms with E-state index in [0.29, 0.717) is 31.2 Å². The Morgan fingerprint density at radius 3 is 2.54 bits per heavy atom. The highest BCUT2D eigenvalue weighted by atomic mass is 19.1. The molecule has 28 heavy (non-hydrogen) atoms. The van der Waals surface area contributed by atoms with E-state index in [9.17, 15) is 9.18 Å². The average Bonchev–Trinajstić information content (AvgIpc) is 2.60. The third kappa shape index (κ3) is 10.1. The van der Waals surface area contributed by atoms with E-state index in [4.69, 9.17) is 9.47 Å². The molecule has 0 aliphatic carbocycles. The summed E-state index contributed by atoms with van der Waals surface area (Å²) in [6.07, 6.45) is 0.300. The van der Waals surface area contributed by atoms with Crippen molar-refractivity contribution in [1.82, 2.24) is 16.0 Å². The van der Waals surface area contributed by atoms with Crippen molar-refractivity contribution in [2.75, 3.05) is 26.7 Å². The van der Waals surface area contributed by atoms with Crippen molar-refractivity contribution in [2.45, 2.75) is 52.9 Å². The normalized spacial score (nSPS) is 11.9. The standard InChI is InChI=1S/C20H33FN4O3/c1-6-22-18(23-10-7-11-24-19(26)28-20(2,3)4)25-13-15-8-9-17(21)16(12-15)14-27-5/h8-9,12H,6-7,10-11,13-14H2,1-5H3,(H,24,26)(H2,22,23,25). The average molecular weight is 397 g/mol. The molecule has 3 N–H and O–H groups in total. The molecule has 0 bridgehead atoms. The SMILES string of the molecule is CCNC(=NCc1ccc(F)c(COC)c1)NCCCNC(=O)OC(C)(C)C. The molecule has 158 valence electrons. The zero-order valence-electron chi connectivity index (χ0n) is 17.5. The molecule has 0 saturated carbocycles. The summed E-state index contributed by atoms with van der Waals surface area (Å²) >= 11 is 0. The number of methoxy groups -OCH3 is 1. The molecule has 1 aromatic rings. The maximum absolute atomic E-state index is 13.7. The predicted molar refractivity (Wildman–Crippen MR) is 109 cm³/mol. The second-order valence-corrected chi connectivity index (χ2v) is 7.26. The molecule has 0 aliphatic heterocycles. The number of benzene rings is 1. The highest BCUT2D eigenvalue weighted by Gasteiger charge is 2.15. The molecular formula is C20H33FN4O3. The molecule has 0 unspecified atom stereocenters. The van der Waals surface area contributed by atoms with Gasteiger partial charge in [-0.3, -0.25) is 0 Å². The third-order valence-electron chi connectivity index (χ3n) is 3.49. The Bertz CT molecular complexity index is 645. The second-order valence-electron chi connectivity index (χ2n) is 7.26. The van der Waals surface area contributed by atoms with Crippen LogP contribution in [-0.2, 0) is 22.6 Å². The van der Waals surface area contributed by atoms with Crippen LogP contribution in [0.4, 0.5) is 9.18 Å². The summed E-state index contributed by atoms with van der Waals surface area (Å²) in [5.41, 5.74) is 0.912. The molecule has 0 heterocycles. The molecule has 1 rings (SSSR count). The first-order chi connectivity index (χ1) is 13.2. The van der Waals surface area contributed by atoms with Gasteiger partial charge in [0.2, 0.25) is 0 Å². The van der Waals surface area contributed by atoms with Gasteiger partial charge in [-0.2, -0.15) is 0 Å². The maximum Gasteiger partial charge on any atom is 0.407 e. The van der Waals surface area contributed by atoms with Crippen molar-refractivity contribution < 1.29 is 18.7 Å². The number of ether oxygens (including phenoxy) is 2. The van der Waals surface area contributed by atoms with Gasteiger partial charge in [-0.05, 0) is 51.8 Å². The molecule has 7 nitrogen and oxygen atoms in total. The number of amides is 1. The number of aliphatic imine (C=N–C) groups is 1. The molecule has 8 heteroatoms. The van der Waals surface area contributed by atoms with Crippen LogP contribution in [0.2, 0.25) is 0 Å². The van der Waals surface area contributed by atoms with Gasteiger partial charge in [0, 0.05) is 32.3 Å². The number of hydrogen-bond donors (Lipinski definition) is 3. The molecule has 1 aromatic carbocycles. The van der Waals surface area contributed by atoms with Gasteiger partial charge < -0.3 is 25.4 Å². The van der Waals surface area contributed by atoms with Crippen LogP contribution in [0.1, 0.15) is 45.2 Å². The van der Waals surface area contributed by atoms with Gasteiger partial charge in [-0.1, -0.05) is 6.07 Å². The van der Waals surface area contributed by atoms with Crippen LogP contribution in [0.5, 0.6) is 0 Å². The zero-order chi connectivity index (χ0) is 21.0. The van der Waals surface area contributed by atoms with E-state index in [2.05, 4.69) is 20.9 Å². The lowest BCUT2D eigenvalue weighted by molar-refractivity contribution is 0.0527. The van der Waals surface area contributed by atoms with E-state index < -0.39 is 11.7 Å². The molecule has 0 radical (unpaired) electrons. The topological polar surface area (TPSA) is 84.0 Å². The number of carbonyl (C=O) groups excluding carboxylic acids is 1. The van der Waals surface area contributed by atoms with Crippen LogP contribution in [-0.4, -0.2) is 44.4 Å². The number of guanidine groups is 1. The van der Waals surface area contributed by atoms with Crippen LogP contribution in [0.3, 0.4) is 0 Å². The Balaban J connectivity index is 2.46. The summed E-state index contributed by atoms with van der Waals surface area (Å²) in [6.45, 7) is 9.97. The fraction of sp³-hybridized carbons (Fsp3) is 0.600. The summed E-state index contributed by atoms with van der Waals surface area (Å²) < 4.78 is 23.9. The monoisotopic (exact) mass is 396 g/mol. The zero-order valence-corrected chi connectivity index (χ0v) is 17.5. The first-order valence-corrected chi connectivity index (χ1v) is 9.50. The van der Waals surface area contributed by atoms with Crippen molar-refractivity contribution >= 4 is 12.1 Å². The molecule has 0 fully saturated rings. The highest BCUT2D eigenvalue weighted by Crippen LogP contribution is 2.12. The Hall–Kier alpha value is -2.35. The van der Waals surface area contributed by atoms with E-state index in [1.54, 1.807) is 12.1 Å². The van der Waals surface area contributed by atoms with Gasteiger partial charge in [0.15, 0.2) is 5.96 Å². The minimum atomic E-state index is -0.503. The summed E-state index contributed by atoms with van der Waals surface area (Å²) in [6, 6.07) is 4.91. The van der Waals surface area contributed by atoms with Gasteiger partial charge >= 0.3 is 6.09 Å². The summed E-state index contributed by atoms with van der Waals surface area (Å²) in [4.78, 5) is 16.1. The van der Waals surface area contributed by atoms with Crippen LogP contribution in [0, 0.1) is 5.82 Å². The van der Waals surface area contributed by atoms with E-state index >= 15 is 0 Å². The molecule has 1 amide bonds. The van der Waals surface area contributed by atoms with Crippen molar-refractivity contribution in [2.24, 2.45) is 4.99 Å². The van der Waals surface area contributed by atoms with E-state index in [-0.39, 0.29) is 12.4 Å². The van der Waals surface area contributed by atoms with Gasteiger partial charge in [0.25, 0.3) is 0 Å². The highest BCUT2D eigenvalue weighted by molar-refractivity contribution is 5.79. The smallest absolute Gasteiger partial charge is 0.407 e. The van der Waals surface area contributed by atoms with E-state index in [1.807, 2.05) is 27.7 Å². The quantitative estimate of drug-likeness (QED) is 0.340. The number of rotatable bonds is 9. The summed E-state index contributed by atoms with van der Waals surface area (Å²) in [5, 5.41) is 9.09. The first kappa shape index (κ1) is 23.7. The minimum Gasteiger partial charge on any atom is -0.444 e. The van der Waals surface area contributed by atoms with Gasteiger partial charge in [0.1, 0.15) is 11.4 Å². The number of halogens is 1. The lowest BCUT2D eigenvalue weighted by Crippen LogP contribution is -2.39. The predicted octanol–water partition coefficient (Wildman–Crippen LogP) is 2.94. The van der Waals surface area contributed by atoms with Crippen LogP contribution in [0.15, 0.2) is 23.2 Å². The molecule has 0 aromatic heterocycles. The second kappa shape index (κ2) is 12.2. The van der Waals surface area contributed by atoms with E-state index in [1.165, 1.54) is 13.2 Å². The fourth-order valence-electron chi connectivity index (χ4n) is 2.30. The Kier molecular flexibility index (Phi) is 10.3. The lowest BCUT2D eigenvalue weighted by atomic mass is 10.1. The largest absolute Gasteiger partial charge is 0.444 e. The van der Waals surface area contributed by atoms with Crippen LogP contribution >= 0.6 is 0 Å². The number of hydrogen-bond acceptors (Lipinski definition) is 4. The Labute approximate surface area is 167 Å². The number of nitrogens with one attached hydrogen (secondary N) is 3. The Morgan fingerprint density at radius 2 is 1.89 bits per heavy atom. The first-order valence-electron chi connectivity index (χ1n) is 9.50. The van der Waals surface area contributed by atoms with Crippen molar-refractivity contribution in [3.63, 3.8) is 0 Å². The van der Waals surface area contributed by atoms with Crippen molar-refractivity contribution in [3.8, 4) is 0 Å². The molecule has 0 spiro atoms. The number of carbonyl (C=O) groups is 1. The minimum absolute atomic E-state index is 0.229. The molecule has 0 aliphatic rings.